The van der Waals surface area contributed by atoms with Crippen LogP contribution in [0.4, 0.5) is 0 Å². The molecule has 0 heterocycles. The Balaban J connectivity index is 2.29. The molecule has 2 aromatic carbocycles. The summed E-state index contributed by atoms with van der Waals surface area (Å²) in [6.07, 6.45) is 0. The van der Waals surface area contributed by atoms with Crippen molar-refractivity contribution in [1.29, 1.82) is 0 Å². The highest BCUT2D eigenvalue weighted by Crippen LogP contribution is 2.30. The highest BCUT2D eigenvalue weighted by molar-refractivity contribution is 6.31. The van der Waals surface area contributed by atoms with E-state index < -0.39 is 0 Å². The molecule has 0 atom stereocenters. The predicted octanol–water partition coefficient (Wildman–Crippen LogP) is 4.28. The fraction of sp³-hybridized carbons (Fsp3) is 0.0769. The zero-order valence-electron chi connectivity index (χ0n) is 8.86. The van der Waals surface area contributed by atoms with Gasteiger partial charge in [0.25, 0.3) is 0 Å². The third-order valence-corrected chi connectivity index (χ3v) is 2.88. The van der Waals surface area contributed by atoms with Gasteiger partial charge in [0.1, 0.15) is 11.5 Å². The lowest BCUT2D eigenvalue weighted by atomic mass is 10.2. The molecule has 17 heavy (non-hydrogen) atoms. The maximum absolute atomic E-state index is 9.24. The van der Waals surface area contributed by atoms with Crippen LogP contribution in [-0.4, -0.2) is 5.11 Å². The number of ether oxygens (including phenoxy) is 1. The van der Waals surface area contributed by atoms with Crippen molar-refractivity contribution >= 4 is 23.2 Å². The normalized spacial score (nSPS) is 10.3. The van der Waals surface area contributed by atoms with Gasteiger partial charge < -0.3 is 9.84 Å². The van der Waals surface area contributed by atoms with Crippen LogP contribution >= 0.6 is 23.2 Å². The van der Waals surface area contributed by atoms with Crippen LogP contribution in [0.3, 0.4) is 0 Å². The third-order valence-electron chi connectivity index (χ3n) is 2.28. The molecule has 0 unspecified atom stereocenters. The molecule has 0 saturated heterocycles. The molecule has 2 nitrogen and oxygen atoms in total. The molecular formula is C13H10Cl2O2. The van der Waals surface area contributed by atoms with Crippen LogP contribution in [0.2, 0.25) is 10.0 Å². The average Bonchev–Trinajstić information content (AvgIpc) is 2.32. The lowest BCUT2D eigenvalue weighted by molar-refractivity contribution is 0.276. The first-order chi connectivity index (χ1) is 8.20. The van der Waals surface area contributed by atoms with Crippen LogP contribution in [0, 0.1) is 0 Å². The van der Waals surface area contributed by atoms with E-state index >= 15 is 0 Å². The van der Waals surface area contributed by atoms with Crippen molar-refractivity contribution in [1.82, 2.24) is 0 Å². The first kappa shape index (κ1) is 12.2. The third kappa shape index (κ3) is 2.91. The Morgan fingerprint density at radius 3 is 2.35 bits per heavy atom. The van der Waals surface area contributed by atoms with E-state index in [2.05, 4.69) is 0 Å². The zero-order valence-corrected chi connectivity index (χ0v) is 10.4. The lowest BCUT2D eigenvalue weighted by Crippen LogP contribution is -1.92. The minimum atomic E-state index is -0.164. The number of rotatable bonds is 3. The molecule has 0 aliphatic carbocycles. The van der Waals surface area contributed by atoms with E-state index in [0.29, 0.717) is 27.1 Å². The Morgan fingerprint density at radius 2 is 1.71 bits per heavy atom. The number of hydrogen-bond acceptors (Lipinski definition) is 2. The highest BCUT2D eigenvalue weighted by atomic mass is 35.5. The molecule has 0 aromatic heterocycles. The van der Waals surface area contributed by atoms with Gasteiger partial charge in [-0.3, -0.25) is 0 Å². The number of aliphatic hydroxyl groups is 1. The van der Waals surface area contributed by atoms with Gasteiger partial charge in [-0.2, -0.15) is 0 Å². The van der Waals surface area contributed by atoms with Crippen molar-refractivity contribution in [3.05, 3.63) is 58.1 Å². The Bertz CT molecular complexity index is 509. The number of hydrogen-bond donors (Lipinski definition) is 1. The Morgan fingerprint density at radius 1 is 1.00 bits per heavy atom. The lowest BCUT2D eigenvalue weighted by Gasteiger charge is -2.10. The van der Waals surface area contributed by atoms with Crippen molar-refractivity contribution < 1.29 is 9.84 Å². The van der Waals surface area contributed by atoms with Gasteiger partial charge in [-0.05, 0) is 36.4 Å². The summed E-state index contributed by atoms with van der Waals surface area (Å²) < 4.78 is 5.63. The summed E-state index contributed by atoms with van der Waals surface area (Å²) in [4.78, 5) is 0. The summed E-state index contributed by atoms with van der Waals surface area (Å²) in [6.45, 7) is -0.164. The molecule has 1 N–H and O–H groups in total. The molecule has 4 heteroatoms. The standard InChI is InChI=1S/C13H10Cl2O2/c14-9-4-6-10(7-5-9)17-13-3-1-2-12(15)11(13)8-16/h1-7,16H,8H2. The molecule has 0 aliphatic heterocycles. The molecule has 0 saturated carbocycles. The van der Waals surface area contributed by atoms with Gasteiger partial charge in [-0.15, -0.1) is 0 Å². The van der Waals surface area contributed by atoms with Crippen LogP contribution in [-0.2, 0) is 6.61 Å². The first-order valence-corrected chi connectivity index (χ1v) is 5.78. The summed E-state index contributed by atoms with van der Waals surface area (Å²) >= 11 is 11.7. The molecule has 0 aliphatic rings. The second-order valence-electron chi connectivity index (χ2n) is 3.43. The summed E-state index contributed by atoms with van der Waals surface area (Å²) in [5, 5.41) is 10.4. The maximum Gasteiger partial charge on any atom is 0.134 e. The average molecular weight is 269 g/mol. The van der Waals surface area contributed by atoms with E-state index in [-0.39, 0.29) is 6.61 Å². The van der Waals surface area contributed by atoms with E-state index in [1.54, 1.807) is 42.5 Å². The van der Waals surface area contributed by atoms with E-state index in [4.69, 9.17) is 27.9 Å². The smallest absolute Gasteiger partial charge is 0.134 e. The van der Waals surface area contributed by atoms with Gasteiger partial charge in [-0.25, -0.2) is 0 Å². The second kappa shape index (κ2) is 5.41. The fourth-order valence-corrected chi connectivity index (χ4v) is 1.77. The van der Waals surface area contributed by atoms with Crippen molar-refractivity contribution in [2.45, 2.75) is 6.61 Å². The molecule has 0 spiro atoms. The number of halogens is 2. The molecule has 0 amide bonds. The van der Waals surface area contributed by atoms with Crippen molar-refractivity contribution in [2.24, 2.45) is 0 Å². The number of benzene rings is 2. The van der Waals surface area contributed by atoms with Gasteiger partial charge in [0.2, 0.25) is 0 Å². The van der Waals surface area contributed by atoms with Crippen LogP contribution < -0.4 is 4.74 Å². The Kier molecular flexibility index (Phi) is 3.89. The van der Waals surface area contributed by atoms with Gasteiger partial charge in [0.05, 0.1) is 6.61 Å². The minimum Gasteiger partial charge on any atom is -0.457 e. The van der Waals surface area contributed by atoms with E-state index in [9.17, 15) is 5.11 Å². The predicted molar refractivity (Wildman–Crippen MR) is 68.9 cm³/mol. The second-order valence-corrected chi connectivity index (χ2v) is 4.27. The summed E-state index contributed by atoms with van der Waals surface area (Å²) in [6, 6.07) is 12.2. The van der Waals surface area contributed by atoms with Gasteiger partial charge >= 0.3 is 0 Å². The monoisotopic (exact) mass is 268 g/mol. The van der Waals surface area contributed by atoms with E-state index in [0.717, 1.165) is 0 Å². The van der Waals surface area contributed by atoms with Crippen molar-refractivity contribution in [2.75, 3.05) is 0 Å². The summed E-state index contributed by atoms with van der Waals surface area (Å²) in [5.74, 6) is 1.19. The Labute approximate surface area is 109 Å². The first-order valence-electron chi connectivity index (χ1n) is 5.02. The largest absolute Gasteiger partial charge is 0.457 e. The van der Waals surface area contributed by atoms with Gasteiger partial charge in [0, 0.05) is 15.6 Å². The zero-order chi connectivity index (χ0) is 12.3. The van der Waals surface area contributed by atoms with Gasteiger partial charge in [-0.1, -0.05) is 29.3 Å². The van der Waals surface area contributed by atoms with Gasteiger partial charge in [0.15, 0.2) is 0 Å². The summed E-state index contributed by atoms with van der Waals surface area (Å²) in [5.41, 5.74) is 0.573. The molecule has 0 fully saturated rings. The molecular weight excluding hydrogens is 259 g/mol. The Hall–Kier alpha value is -1.22. The minimum absolute atomic E-state index is 0.164. The maximum atomic E-state index is 9.24. The van der Waals surface area contributed by atoms with Crippen LogP contribution in [0.15, 0.2) is 42.5 Å². The SMILES string of the molecule is OCc1c(Cl)cccc1Oc1ccc(Cl)cc1. The highest BCUT2D eigenvalue weighted by Gasteiger charge is 2.07. The fourth-order valence-electron chi connectivity index (χ4n) is 1.42. The van der Waals surface area contributed by atoms with Crippen LogP contribution in [0.5, 0.6) is 11.5 Å². The molecule has 2 aromatic rings. The van der Waals surface area contributed by atoms with Crippen molar-refractivity contribution in [3.63, 3.8) is 0 Å². The van der Waals surface area contributed by atoms with Crippen LogP contribution in [0.1, 0.15) is 5.56 Å². The van der Waals surface area contributed by atoms with E-state index in [1.807, 2.05) is 0 Å². The van der Waals surface area contributed by atoms with Crippen molar-refractivity contribution in [3.8, 4) is 11.5 Å². The topological polar surface area (TPSA) is 29.5 Å². The quantitative estimate of drug-likeness (QED) is 0.901. The molecule has 2 rings (SSSR count). The molecule has 0 bridgehead atoms. The molecule has 0 radical (unpaired) electrons. The molecule has 88 valence electrons. The summed E-state index contributed by atoms with van der Waals surface area (Å²) in [7, 11) is 0. The van der Waals surface area contributed by atoms with Crippen LogP contribution in [0.25, 0.3) is 0 Å². The van der Waals surface area contributed by atoms with E-state index in [1.165, 1.54) is 0 Å². The number of aliphatic hydroxyl groups excluding tert-OH is 1.